The first-order valence-electron chi connectivity index (χ1n) is 15.4. The first-order chi connectivity index (χ1) is 23.2. The highest BCUT2D eigenvalue weighted by atomic mass is 19.4. The Morgan fingerprint density at radius 3 is 1.56 bits per heavy atom. The average Bonchev–Trinajstić information content (AvgIpc) is 3.58. The highest BCUT2D eigenvalue weighted by Gasteiger charge is 2.35. The van der Waals surface area contributed by atoms with Gasteiger partial charge in [0, 0.05) is 27.1 Å². The van der Waals surface area contributed by atoms with Crippen molar-refractivity contribution in [2.75, 3.05) is 0 Å². The van der Waals surface area contributed by atoms with Gasteiger partial charge in [-0.3, -0.25) is 0 Å². The Labute approximate surface area is 273 Å². The zero-order valence-electron chi connectivity index (χ0n) is 25.9. The van der Waals surface area contributed by atoms with Gasteiger partial charge in [-0.05, 0) is 79.1 Å². The number of aromatic nitrogens is 2. The molecule has 0 amide bonds. The molecule has 0 radical (unpaired) electrons. The molecule has 0 fully saturated rings. The molecule has 0 N–H and O–H groups in total. The lowest BCUT2D eigenvalue weighted by Crippen LogP contribution is -2.10. The highest BCUT2D eigenvalue weighted by Crippen LogP contribution is 2.44. The van der Waals surface area contributed by atoms with E-state index in [0.717, 1.165) is 60.8 Å². The van der Waals surface area contributed by atoms with E-state index in [1.165, 1.54) is 12.1 Å². The van der Waals surface area contributed by atoms with Crippen LogP contribution in [0.1, 0.15) is 27.8 Å². The summed E-state index contributed by atoms with van der Waals surface area (Å²) in [7, 11) is 0. The second-order valence-corrected chi connectivity index (χ2v) is 12.1. The zero-order valence-corrected chi connectivity index (χ0v) is 25.9. The summed E-state index contributed by atoms with van der Waals surface area (Å²) in [6.45, 7) is 4.03. The van der Waals surface area contributed by atoms with Gasteiger partial charge in [0.15, 0.2) is 0 Å². The number of para-hydroxylation sites is 2. The fraction of sp³-hybridized carbons (Fsp3) is 0.0732. The van der Waals surface area contributed by atoms with Crippen LogP contribution >= 0.6 is 0 Å². The Kier molecular flexibility index (Phi) is 6.44. The number of halogens is 3. The van der Waals surface area contributed by atoms with Crippen LogP contribution < -0.4 is 0 Å². The van der Waals surface area contributed by atoms with Crippen molar-refractivity contribution in [3.8, 4) is 34.6 Å². The van der Waals surface area contributed by atoms with Crippen LogP contribution in [0.3, 0.4) is 0 Å². The van der Waals surface area contributed by atoms with Gasteiger partial charge in [-0.1, -0.05) is 66.7 Å². The molecule has 230 valence electrons. The smallest absolute Gasteiger partial charge is 0.307 e. The third kappa shape index (κ3) is 4.36. The maximum absolute atomic E-state index is 14.6. The molecule has 7 heteroatoms. The average molecular weight is 631 g/mol. The summed E-state index contributed by atoms with van der Waals surface area (Å²) in [6, 6.07) is 39.4. The Bertz CT molecular complexity index is 2710. The van der Waals surface area contributed by atoms with E-state index in [1.807, 2.05) is 68.4 Å². The minimum absolute atomic E-state index is 0.0829. The molecule has 4 nitrogen and oxygen atoms in total. The summed E-state index contributed by atoms with van der Waals surface area (Å²) in [4.78, 5) is 0. The molecule has 0 bridgehead atoms. The van der Waals surface area contributed by atoms with Crippen LogP contribution in [-0.4, -0.2) is 9.13 Å². The summed E-state index contributed by atoms with van der Waals surface area (Å²) in [5, 5.41) is 24.0. The summed E-state index contributed by atoms with van der Waals surface area (Å²) < 4.78 is 48.0. The molecule has 8 aromatic rings. The third-order valence-electron chi connectivity index (χ3n) is 9.12. The van der Waals surface area contributed by atoms with E-state index in [9.17, 15) is 23.7 Å². The highest BCUT2D eigenvalue weighted by molar-refractivity contribution is 6.12. The summed E-state index contributed by atoms with van der Waals surface area (Å²) in [6.07, 6.45) is -4.76. The molecular weight excluding hydrogens is 605 g/mol. The number of nitrogens with zero attached hydrogens (tertiary/aromatic N) is 4. The van der Waals surface area contributed by atoms with Gasteiger partial charge in [-0.15, -0.1) is 0 Å². The van der Waals surface area contributed by atoms with Crippen molar-refractivity contribution in [1.82, 2.24) is 9.13 Å². The SMILES string of the molecule is Cc1ccc2c3ccccc3n(-c3cc(C#N)c(-c4ccc(C#N)cc4C(F)(F)F)cc3-n3c4ccccc4c4ccc(C)cc43)c2c1. The van der Waals surface area contributed by atoms with Gasteiger partial charge in [-0.2, -0.15) is 23.7 Å². The molecule has 0 aliphatic carbocycles. The number of aryl methyl sites for hydroxylation is 2. The molecule has 6 aromatic carbocycles. The first kappa shape index (κ1) is 29.1. The largest absolute Gasteiger partial charge is 0.417 e. The molecular formula is C41H25F3N4. The molecule has 2 heterocycles. The van der Waals surface area contributed by atoms with Crippen molar-refractivity contribution in [2.24, 2.45) is 0 Å². The van der Waals surface area contributed by atoms with Crippen molar-refractivity contribution < 1.29 is 13.2 Å². The van der Waals surface area contributed by atoms with Gasteiger partial charge in [0.25, 0.3) is 0 Å². The predicted octanol–water partition coefficient (Wildman–Crippen LogP) is 10.9. The number of alkyl halides is 3. The number of benzene rings is 6. The van der Waals surface area contributed by atoms with E-state index >= 15 is 0 Å². The Hall–Kier alpha value is -6.31. The second-order valence-electron chi connectivity index (χ2n) is 12.1. The zero-order chi connectivity index (χ0) is 33.3. The van der Waals surface area contributed by atoms with Crippen LogP contribution in [0, 0.1) is 36.5 Å². The van der Waals surface area contributed by atoms with Crippen LogP contribution in [0.5, 0.6) is 0 Å². The topological polar surface area (TPSA) is 57.4 Å². The Morgan fingerprint density at radius 1 is 0.521 bits per heavy atom. The first-order valence-corrected chi connectivity index (χ1v) is 15.4. The molecule has 8 rings (SSSR count). The minimum Gasteiger partial charge on any atom is -0.307 e. The number of fused-ring (bicyclic) bond motifs is 6. The van der Waals surface area contributed by atoms with E-state index in [1.54, 1.807) is 12.1 Å². The van der Waals surface area contributed by atoms with Crippen LogP contribution in [0.25, 0.3) is 66.1 Å². The van der Waals surface area contributed by atoms with Gasteiger partial charge in [-0.25, -0.2) is 0 Å². The fourth-order valence-electron chi connectivity index (χ4n) is 7.01. The second kappa shape index (κ2) is 10.6. The standard InChI is InChI=1S/C41H25F3N4/c1-24-11-14-31-29-7-3-5-9-35(29)47(37(31)17-24)39-20-27(23-46)33(28-16-13-26(22-45)19-34(28)41(42,43)44)21-40(39)48-36-10-6-4-8-30(36)32-15-12-25(2)18-38(32)48/h3-21H,1-2H3. The lowest BCUT2D eigenvalue weighted by molar-refractivity contribution is -0.137. The van der Waals surface area contributed by atoms with Crippen LogP contribution in [0.2, 0.25) is 0 Å². The van der Waals surface area contributed by atoms with Gasteiger partial charge in [0.2, 0.25) is 0 Å². The molecule has 0 saturated carbocycles. The lowest BCUT2D eigenvalue weighted by Gasteiger charge is -2.21. The normalized spacial score (nSPS) is 11.8. The summed E-state index contributed by atoms with van der Waals surface area (Å²) in [5.74, 6) is 0. The van der Waals surface area contributed by atoms with Crippen molar-refractivity contribution >= 4 is 43.6 Å². The summed E-state index contributed by atoms with van der Waals surface area (Å²) >= 11 is 0. The quantitative estimate of drug-likeness (QED) is 0.195. The number of nitriles is 2. The van der Waals surface area contributed by atoms with E-state index in [4.69, 9.17) is 0 Å². The van der Waals surface area contributed by atoms with E-state index in [0.29, 0.717) is 11.4 Å². The van der Waals surface area contributed by atoms with Gasteiger partial charge in [0.1, 0.15) is 0 Å². The van der Waals surface area contributed by atoms with Gasteiger partial charge in [0.05, 0.1) is 62.3 Å². The van der Waals surface area contributed by atoms with Crippen LogP contribution in [0.4, 0.5) is 13.2 Å². The minimum atomic E-state index is -4.76. The molecule has 0 unspecified atom stereocenters. The number of hydrogen-bond donors (Lipinski definition) is 0. The van der Waals surface area contributed by atoms with Crippen molar-refractivity contribution in [2.45, 2.75) is 20.0 Å². The Balaban J connectivity index is 1.59. The van der Waals surface area contributed by atoms with E-state index < -0.39 is 11.7 Å². The number of rotatable bonds is 3. The van der Waals surface area contributed by atoms with Crippen LogP contribution in [0.15, 0.2) is 115 Å². The van der Waals surface area contributed by atoms with Crippen LogP contribution in [-0.2, 0) is 6.18 Å². The summed E-state index contributed by atoms with van der Waals surface area (Å²) in [5.41, 5.74) is 5.89. The molecule has 0 aliphatic heterocycles. The Morgan fingerprint density at radius 2 is 1.04 bits per heavy atom. The van der Waals surface area contributed by atoms with E-state index in [-0.39, 0.29) is 22.3 Å². The van der Waals surface area contributed by atoms with Gasteiger partial charge < -0.3 is 9.13 Å². The van der Waals surface area contributed by atoms with Gasteiger partial charge >= 0.3 is 6.18 Å². The number of hydrogen-bond acceptors (Lipinski definition) is 2. The van der Waals surface area contributed by atoms with Crippen molar-refractivity contribution in [1.29, 1.82) is 10.5 Å². The maximum Gasteiger partial charge on any atom is 0.417 e. The maximum atomic E-state index is 14.6. The van der Waals surface area contributed by atoms with Crippen molar-refractivity contribution in [3.63, 3.8) is 0 Å². The predicted molar refractivity (Wildman–Crippen MR) is 184 cm³/mol. The lowest BCUT2D eigenvalue weighted by atomic mass is 9.92. The van der Waals surface area contributed by atoms with Crippen molar-refractivity contribution in [3.05, 3.63) is 143 Å². The van der Waals surface area contributed by atoms with E-state index in [2.05, 4.69) is 51.6 Å². The molecule has 0 saturated heterocycles. The molecule has 0 aliphatic rings. The molecule has 0 spiro atoms. The molecule has 0 atom stereocenters. The fourth-order valence-corrected chi connectivity index (χ4v) is 7.01. The third-order valence-corrected chi connectivity index (χ3v) is 9.12. The molecule has 48 heavy (non-hydrogen) atoms. The molecule has 2 aromatic heterocycles. The monoisotopic (exact) mass is 630 g/mol.